The zero-order valence-electron chi connectivity index (χ0n) is 8.49. The van der Waals surface area contributed by atoms with Gasteiger partial charge in [-0.25, -0.2) is 14.5 Å². The molecule has 0 aliphatic carbocycles. The Morgan fingerprint density at radius 3 is 2.94 bits per heavy atom. The first kappa shape index (κ1) is 10.1. The third-order valence-corrected chi connectivity index (χ3v) is 1.97. The van der Waals surface area contributed by atoms with Crippen molar-refractivity contribution < 1.29 is 9.53 Å². The lowest BCUT2D eigenvalue weighted by Crippen LogP contribution is -1.95. The van der Waals surface area contributed by atoms with Crippen molar-refractivity contribution in [2.24, 2.45) is 4.99 Å². The monoisotopic (exact) mass is 216 g/mol. The third kappa shape index (κ3) is 1.97. The van der Waals surface area contributed by atoms with Gasteiger partial charge in [-0.3, -0.25) is 0 Å². The van der Waals surface area contributed by atoms with Crippen LogP contribution in [0.15, 0.2) is 35.8 Å². The molecule has 16 heavy (non-hydrogen) atoms. The molecule has 0 unspecified atom stereocenters. The van der Waals surface area contributed by atoms with Crippen LogP contribution >= 0.6 is 0 Å². The Morgan fingerprint density at radius 1 is 1.44 bits per heavy atom. The van der Waals surface area contributed by atoms with Crippen molar-refractivity contribution in [3.05, 3.63) is 30.9 Å². The fourth-order valence-electron chi connectivity index (χ4n) is 1.28. The lowest BCUT2D eigenvalue weighted by atomic mass is 10.2. The van der Waals surface area contributed by atoms with Crippen LogP contribution < -0.4 is 4.74 Å². The molecular weight excluding hydrogens is 208 g/mol. The van der Waals surface area contributed by atoms with Gasteiger partial charge < -0.3 is 4.74 Å². The van der Waals surface area contributed by atoms with Gasteiger partial charge in [-0.05, 0) is 6.07 Å². The standard InChI is InChI=1S/C10H8N4O2/c1-16-10-3-8(12-7-15)2-9(4-10)14-6-11-5-13-14/h2-6H,1H3. The maximum Gasteiger partial charge on any atom is 0.240 e. The Kier molecular flexibility index (Phi) is 2.75. The van der Waals surface area contributed by atoms with Gasteiger partial charge in [-0.2, -0.15) is 10.1 Å². The van der Waals surface area contributed by atoms with Crippen LogP contribution in [0.3, 0.4) is 0 Å². The van der Waals surface area contributed by atoms with Crippen molar-refractivity contribution in [1.82, 2.24) is 14.8 Å². The van der Waals surface area contributed by atoms with Crippen LogP contribution in [0.2, 0.25) is 0 Å². The average Bonchev–Trinajstić information content (AvgIpc) is 2.82. The van der Waals surface area contributed by atoms with Crippen LogP contribution in [-0.2, 0) is 4.79 Å². The summed E-state index contributed by atoms with van der Waals surface area (Å²) in [4.78, 5) is 17.6. The van der Waals surface area contributed by atoms with Crippen molar-refractivity contribution in [2.45, 2.75) is 0 Å². The predicted molar refractivity (Wildman–Crippen MR) is 55.7 cm³/mol. The number of benzene rings is 1. The van der Waals surface area contributed by atoms with E-state index in [9.17, 15) is 4.79 Å². The summed E-state index contributed by atoms with van der Waals surface area (Å²) >= 11 is 0. The molecule has 1 aromatic carbocycles. The quantitative estimate of drug-likeness (QED) is 0.571. The van der Waals surface area contributed by atoms with E-state index in [1.807, 2.05) is 0 Å². The van der Waals surface area contributed by atoms with Crippen LogP contribution in [-0.4, -0.2) is 28.0 Å². The third-order valence-electron chi connectivity index (χ3n) is 1.97. The zero-order chi connectivity index (χ0) is 11.4. The molecule has 0 amide bonds. The van der Waals surface area contributed by atoms with E-state index in [2.05, 4.69) is 15.1 Å². The fraction of sp³-hybridized carbons (Fsp3) is 0.100. The topological polar surface area (TPSA) is 69.4 Å². The molecule has 0 saturated carbocycles. The Hall–Kier alpha value is -2.46. The molecule has 80 valence electrons. The highest BCUT2D eigenvalue weighted by Gasteiger charge is 2.03. The molecule has 1 heterocycles. The summed E-state index contributed by atoms with van der Waals surface area (Å²) in [7, 11) is 1.54. The number of hydrogen-bond acceptors (Lipinski definition) is 5. The molecule has 0 aliphatic heterocycles. The molecule has 2 aromatic rings. The Bertz CT molecular complexity index is 530. The van der Waals surface area contributed by atoms with E-state index in [0.717, 1.165) is 0 Å². The molecule has 0 aliphatic rings. The first-order chi connectivity index (χ1) is 7.83. The minimum Gasteiger partial charge on any atom is -0.497 e. The molecular formula is C10H8N4O2. The molecule has 2 rings (SSSR count). The maximum absolute atomic E-state index is 10.2. The maximum atomic E-state index is 10.2. The molecule has 6 nitrogen and oxygen atoms in total. The van der Waals surface area contributed by atoms with Crippen LogP contribution in [0.25, 0.3) is 5.69 Å². The molecule has 0 atom stereocenters. The number of hydrogen-bond donors (Lipinski definition) is 0. The van der Waals surface area contributed by atoms with Crippen molar-refractivity contribution in [3.8, 4) is 11.4 Å². The van der Waals surface area contributed by atoms with E-state index in [1.165, 1.54) is 19.5 Å². The van der Waals surface area contributed by atoms with Gasteiger partial charge in [0.25, 0.3) is 0 Å². The summed E-state index contributed by atoms with van der Waals surface area (Å²) in [6.45, 7) is 0. The van der Waals surface area contributed by atoms with Gasteiger partial charge >= 0.3 is 0 Å². The Morgan fingerprint density at radius 2 is 2.31 bits per heavy atom. The summed E-state index contributed by atoms with van der Waals surface area (Å²) in [5.41, 5.74) is 1.17. The normalized spacial score (nSPS) is 9.56. The van der Waals surface area contributed by atoms with E-state index < -0.39 is 0 Å². The van der Waals surface area contributed by atoms with Gasteiger partial charge in [0.05, 0.1) is 18.5 Å². The first-order valence-corrected chi connectivity index (χ1v) is 4.45. The SMILES string of the molecule is COc1cc(N=C=O)cc(-n2cncn2)c1. The lowest BCUT2D eigenvalue weighted by molar-refractivity contribution is 0.414. The molecule has 0 radical (unpaired) electrons. The Labute approximate surface area is 91.2 Å². The molecule has 6 heteroatoms. The summed E-state index contributed by atoms with van der Waals surface area (Å²) in [5, 5.41) is 3.97. The van der Waals surface area contributed by atoms with E-state index in [0.29, 0.717) is 17.1 Å². The van der Waals surface area contributed by atoms with Crippen LogP contribution in [0.4, 0.5) is 5.69 Å². The second-order valence-electron chi connectivity index (χ2n) is 2.93. The predicted octanol–water partition coefficient (Wildman–Crippen LogP) is 1.24. The van der Waals surface area contributed by atoms with Crippen molar-refractivity contribution >= 4 is 11.8 Å². The smallest absolute Gasteiger partial charge is 0.240 e. The molecule has 0 saturated heterocycles. The van der Waals surface area contributed by atoms with Gasteiger partial charge in [0, 0.05) is 12.1 Å². The number of rotatable bonds is 3. The molecule has 0 N–H and O–H groups in total. The van der Waals surface area contributed by atoms with E-state index in [4.69, 9.17) is 4.74 Å². The van der Waals surface area contributed by atoms with Gasteiger partial charge in [0.15, 0.2) is 0 Å². The van der Waals surface area contributed by atoms with E-state index in [1.54, 1.807) is 29.2 Å². The number of aliphatic imine (C=N–C) groups is 1. The number of methoxy groups -OCH3 is 1. The summed E-state index contributed by atoms with van der Waals surface area (Å²) in [6.07, 6.45) is 4.45. The van der Waals surface area contributed by atoms with E-state index >= 15 is 0 Å². The largest absolute Gasteiger partial charge is 0.497 e. The highest BCUT2D eigenvalue weighted by Crippen LogP contribution is 2.24. The first-order valence-electron chi connectivity index (χ1n) is 4.45. The van der Waals surface area contributed by atoms with Gasteiger partial charge in [-0.1, -0.05) is 0 Å². The second-order valence-corrected chi connectivity index (χ2v) is 2.93. The minimum absolute atomic E-state index is 0.458. The highest BCUT2D eigenvalue weighted by molar-refractivity contribution is 5.57. The summed E-state index contributed by atoms with van der Waals surface area (Å²) < 4.78 is 6.64. The summed E-state index contributed by atoms with van der Waals surface area (Å²) in [6, 6.07) is 5.08. The number of ether oxygens (including phenoxy) is 1. The number of aromatic nitrogens is 3. The molecule has 0 fully saturated rings. The lowest BCUT2D eigenvalue weighted by Gasteiger charge is -2.05. The van der Waals surface area contributed by atoms with Crippen molar-refractivity contribution in [3.63, 3.8) is 0 Å². The van der Waals surface area contributed by atoms with Crippen LogP contribution in [0.1, 0.15) is 0 Å². The number of isocyanates is 1. The van der Waals surface area contributed by atoms with Gasteiger partial charge in [-0.15, -0.1) is 0 Å². The van der Waals surface area contributed by atoms with Crippen molar-refractivity contribution in [2.75, 3.05) is 7.11 Å². The van der Waals surface area contributed by atoms with Gasteiger partial charge in [0.1, 0.15) is 18.4 Å². The zero-order valence-corrected chi connectivity index (χ0v) is 8.49. The van der Waals surface area contributed by atoms with Crippen LogP contribution in [0, 0.1) is 0 Å². The Balaban J connectivity index is 2.53. The fourth-order valence-corrected chi connectivity index (χ4v) is 1.28. The summed E-state index contributed by atoms with van der Waals surface area (Å²) in [5.74, 6) is 0.585. The van der Waals surface area contributed by atoms with Gasteiger partial charge in [0.2, 0.25) is 6.08 Å². The minimum atomic E-state index is 0.458. The van der Waals surface area contributed by atoms with E-state index in [-0.39, 0.29) is 0 Å². The molecule has 0 bridgehead atoms. The number of carbonyl (C=O) groups excluding carboxylic acids is 1. The second kappa shape index (κ2) is 4.37. The molecule has 1 aromatic heterocycles. The van der Waals surface area contributed by atoms with Crippen LogP contribution in [0.5, 0.6) is 5.75 Å². The number of nitrogens with zero attached hydrogens (tertiary/aromatic N) is 4. The average molecular weight is 216 g/mol. The molecule has 0 spiro atoms. The highest BCUT2D eigenvalue weighted by atomic mass is 16.5. The van der Waals surface area contributed by atoms with Crippen molar-refractivity contribution in [1.29, 1.82) is 0 Å².